The number of carboxylic acid groups (broad SMARTS) is 1. The molecule has 4 nitrogen and oxygen atoms in total. The van der Waals surface area contributed by atoms with E-state index in [4.69, 9.17) is 0 Å². The Hall–Kier alpha value is -0.610. The van der Waals surface area contributed by atoms with Gasteiger partial charge in [0, 0.05) is 13.1 Å². The number of likely N-dealkylation sites (tertiary alicyclic amines) is 1. The summed E-state index contributed by atoms with van der Waals surface area (Å²) >= 11 is 0. The molecule has 1 aliphatic heterocycles. The molecule has 0 radical (unpaired) electrons. The van der Waals surface area contributed by atoms with Crippen molar-refractivity contribution in [1.82, 2.24) is 4.90 Å². The molecule has 0 aromatic rings. The standard InChI is InChI=1S/C16H27NO3/c18-13(8-11-4-1-2-5-11)10-17-9-12-6-3-7-14(12)15(17)16(19)20/h11-15,18H,1-10H2,(H,19,20). The zero-order chi connectivity index (χ0) is 14.1. The van der Waals surface area contributed by atoms with Gasteiger partial charge in [0.25, 0.3) is 0 Å². The number of aliphatic hydroxyl groups excluding tert-OH is 1. The van der Waals surface area contributed by atoms with E-state index in [1.165, 1.54) is 38.5 Å². The number of fused-ring (bicyclic) bond motifs is 1. The topological polar surface area (TPSA) is 60.8 Å². The number of β-amino-alcohol motifs (C(OH)–C–C–N with tert-alkyl or cyclic N) is 1. The molecule has 4 atom stereocenters. The van der Waals surface area contributed by atoms with Gasteiger partial charge in [0.1, 0.15) is 6.04 Å². The molecule has 2 N–H and O–H groups in total. The number of aliphatic hydroxyl groups is 1. The summed E-state index contributed by atoms with van der Waals surface area (Å²) in [5.41, 5.74) is 0. The molecule has 2 saturated carbocycles. The molecule has 3 aliphatic rings. The van der Waals surface area contributed by atoms with Crippen molar-refractivity contribution in [1.29, 1.82) is 0 Å². The van der Waals surface area contributed by atoms with Gasteiger partial charge in [-0.15, -0.1) is 0 Å². The zero-order valence-corrected chi connectivity index (χ0v) is 12.2. The van der Waals surface area contributed by atoms with Gasteiger partial charge in [-0.1, -0.05) is 32.1 Å². The van der Waals surface area contributed by atoms with E-state index < -0.39 is 5.97 Å². The van der Waals surface area contributed by atoms with Crippen LogP contribution in [0.5, 0.6) is 0 Å². The minimum Gasteiger partial charge on any atom is -0.480 e. The van der Waals surface area contributed by atoms with E-state index in [0.29, 0.717) is 24.3 Å². The van der Waals surface area contributed by atoms with Crippen LogP contribution in [0.1, 0.15) is 51.4 Å². The van der Waals surface area contributed by atoms with Gasteiger partial charge in [-0.3, -0.25) is 9.69 Å². The van der Waals surface area contributed by atoms with Crippen LogP contribution in [-0.2, 0) is 4.79 Å². The highest BCUT2D eigenvalue weighted by Gasteiger charge is 2.47. The largest absolute Gasteiger partial charge is 0.480 e. The number of hydrogen-bond acceptors (Lipinski definition) is 3. The van der Waals surface area contributed by atoms with Crippen molar-refractivity contribution < 1.29 is 15.0 Å². The minimum atomic E-state index is -0.688. The van der Waals surface area contributed by atoms with Crippen molar-refractivity contribution in [2.75, 3.05) is 13.1 Å². The van der Waals surface area contributed by atoms with E-state index in [0.717, 1.165) is 19.4 Å². The van der Waals surface area contributed by atoms with E-state index in [1.54, 1.807) is 0 Å². The van der Waals surface area contributed by atoms with Crippen LogP contribution in [0.3, 0.4) is 0 Å². The Morgan fingerprint density at radius 2 is 1.90 bits per heavy atom. The predicted molar refractivity (Wildman–Crippen MR) is 76.4 cm³/mol. The van der Waals surface area contributed by atoms with Crippen molar-refractivity contribution in [2.24, 2.45) is 17.8 Å². The molecule has 0 spiro atoms. The van der Waals surface area contributed by atoms with Crippen LogP contribution in [0, 0.1) is 17.8 Å². The van der Waals surface area contributed by atoms with Crippen LogP contribution < -0.4 is 0 Å². The second kappa shape index (κ2) is 6.02. The molecule has 0 bridgehead atoms. The maximum atomic E-state index is 11.6. The molecule has 1 heterocycles. The maximum Gasteiger partial charge on any atom is 0.321 e. The van der Waals surface area contributed by atoms with Crippen molar-refractivity contribution in [3.63, 3.8) is 0 Å². The Labute approximate surface area is 121 Å². The highest BCUT2D eigenvalue weighted by molar-refractivity contribution is 5.74. The third kappa shape index (κ3) is 2.86. The average Bonchev–Trinajstić information content (AvgIpc) is 3.04. The Bertz CT molecular complexity index is 354. The highest BCUT2D eigenvalue weighted by Crippen LogP contribution is 2.42. The molecule has 2 aliphatic carbocycles. The third-order valence-electron chi connectivity index (χ3n) is 5.76. The molecule has 4 unspecified atom stereocenters. The fourth-order valence-corrected chi connectivity index (χ4v) is 4.90. The van der Waals surface area contributed by atoms with Crippen LogP contribution in [0.25, 0.3) is 0 Å². The summed E-state index contributed by atoms with van der Waals surface area (Å²) in [5.74, 6) is 0.851. The average molecular weight is 281 g/mol. The molecule has 114 valence electrons. The first kappa shape index (κ1) is 14.3. The Balaban J connectivity index is 1.56. The molecule has 1 saturated heterocycles. The first-order valence-electron chi connectivity index (χ1n) is 8.30. The van der Waals surface area contributed by atoms with Gasteiger partial charge in [-0.25, -0.2) is 0 Å². The maximum absolute atomic E-state index is 11.6. The molecule has 3 rings (SSSR count). The van der Waals surface area contributed by atoms with Gasteiger partial charge in [-0.2, -0.15) is 0 Å². The molecular formula is C16H27NO3. The lowest BCUT2D eigenvalue weighted by Crippen LogP contribution is -2.43. The summed E-state index contributed by atoms with van der Waals surface area (Å²) in [6, 6.07) is -0.347. The summed E-state index contributed by atoms with van der Waals surface area (Å²) in [7, 11) is 0. The van der Waals surface area contributed by atoms with Crippen LogP contribution in [0.2, 0.25) is 0 Å². The van der Waals surface area contributed by atoms with Gasteiger partial charge in [0.15, 0.2) is 0 Å². The molecule has 3 fully saturated rings. The van der Waals surface area contributed by atoms with Gasteiger partial charge in [0.2, 0.25) is 0 Å². The summed E-state index contributed by atoms with van der Waals surface area (Å²) in [5, 5.41) is 19.8. The monoisotopic (exact) mass is 281 g/mol. The van der Waals surface area contributed by atoms with Gasteiger partial charge >= 0.3 is 5.97 Å². The van der Waals surface area contributed by atoms with E-state index in [9.17, 15) is 15.0 Å². The minimum absolute atomic E-state index is 0.325. The number of nitrogens with zero attached hydrogens (tertiary/aromatic N) is 1. The zero-order valence-electron chi connectivity index (χ0n) is 12.2. The fourth-order valence-electron chi connectivity index (χ4n) is 4.90. The molecule has 0 aromatic heterocycles. The SMILES string of the molecule is O=C(O)C1C2CCCC2CN1CC(O)CC1CCCC1. The van der Waals surface area contributed by atoms with E-state index in [-0.39, 0.29) is 12.1 Å². The van der Waals surface area contributed by atoms with Crippen LogP contribution in [0.4, 0.5) is 0 Å². The lowest BCUT2D eigenvalue weighted by molar-refractivity contribution is -0.144. The number of hydrogen-bond donors (Lipinski definition) is 2. The van der Waals surface area contributed by atoms with Crippen molar-refractivity contribution in [2.45, 2.75) is 63.5 Å². The van der Waals surface area contributed by atoms with Crippen molar-refractivity contribution >= 4 is 5.97 Å². The van der Waals surface area contributed by atoms with E-state index >= 15 is 0 Å². The number of rotatable bonds is 5. The van der Waals surface area contributed by atoms with Gasteiger partial charge in [-0.05, 0) is 37.0 Å². The van der Waals surface area contributed by atoms with Crippen LogP contribution in [0.15, 0.2) is 0 Å². The summed E-state index contributed by atoms with van der Waals surface area (Å²) < 4.78 is 0. The quantitative estimate of drug-likeness (QED) is 0.810. The number of carboxylic acids is 1. The van der Waals surface area contributed by atoms with Crippen LogP contribution >= 0.6 is 0 Å². The lowest BCUT2D eigenvalue weighted by Gasteiger charge is -2.27. The molecule has 0 amide bonds. The normalized spacial score (nSPS) is 36.4. The summed E-state index contributed by atoms with van der Waals surface area (Å²) in [6.07, 6.45) is 8.98. The van der Waals surface area contributed by atoms with E-state index in [2.05, 4.69) is 4.90 Å². The van der Waals surface area contributed by atoms with Gasteiger partial charge < -0.3 is 10.2 Å². The summed E-state index contributed by atoms with van der Waals surface area (Å²) in [4.78, 5) is 13.6. The lowest BCUT2D eigenvalue weighted by atomic mass is 9.94. The first-order chi connectivity index (χ1) is 9.65. The predicted octanol–water partition coefficient (Wildman–Crippen LogP) is 2.11. The smallest absolute Gasteiger partial charge is 0.321 e. The van der Waals surface area contributed by atoms with Gasteiger partial charge in [0.05, 0.1) is 6.10 Å². The Morgan fingerprint density at radius 1 is 1.15 bits per heavy atom. The van der Waals surface area contributed by atoms with Crippen molar-refractivity contribution in [3.05, 3.63) is 0 Å². The Morgan fingerprint density at radius 3 is 2.60 bits per heavy atom. The highest BCUT2D eigenvalue weighted by atomic mass is 16.4. The molecule has 20 heavy (non-hydrogen) atoms. The second-order valence-electron chi connectivity index (χ2n) is 7.13. The first-order valence-corrected chi connectivity index (χ1v) is 8.30. The second-order valence-corrected chi connectivity index (χ2v) is 7.13. The molecular weight excluding hydrogens is 254 g/mol. The molecule has 0 aromatic carbocycles. The number of carbonyl (C=O) groups is 1. The van der Waals surface area contributed by atoms with E-state index in [1.807, 2.05) is 0 Å². The molecule has 4 heteroatoms. The number of aliphatic carboxylic acids is 1. The van der Waals surface area contributed by atoms with Crippen LogP contribution in [-0.4, -0.2) is 46.3 Å². The fraction of sp³-hybridized carbons (Fsp3) is 0.938. The third-order valence-corrected chi connectivity index (χ3v) is 5.76. The van der Waals surface area contributed by atoms with Crippen molar-refractivity contribution in [3.8, 4) is 0 Å². The summed E-state index contributed by atoms with van der Waals surface area (Å²) in [6.45, 7) is 1.43. The Kier molecular flexibility index (Phi) is 4.32.